The molecule has 0 aliphatic carbocycles. The van der Waals surface area contributed by atoms with E-state index in [1.807, 2.05) is 6.21 Å². The highest BCUT2D eigenvalue weighted by Gasteiger charge is 2.03. The molecule has 0 aliphatic heterocycles. The summed E-state index contributed by atoms with van der Waals surface area (Å²) in [6, 6.07) is 22.0. The lowest BCUT2D eigenvalue weighted by Gasteiger charge is -2.20. The van der Waals surface area contributed by atoms with Crippen molar-refractivity contribution in [2.45, 2.75) is 66.8 Å². The number of aryl methyl sites for hydroxylation is 1. The second-order valence-corrected chi connectivity index (χ2v) is 11.2. The first-order valence-electron chi connectivity index (χ1n) is 17.0. The minimum Gasteiger partial charge on any atom is -0.372 e. The van der Waals surface area contributed by atoms with Crippen molar-refractivity contribution in [2.24, 2.45) is 4.99 Å². The Labute approximate surface area is 273 Å². The standard InChI is InChI=1S/C41H55N4/c1-6-15-36(16-17-37-20-24-40(25-21-37)44(7-2)8-3)28-32-42-31-13-11-12-14-33-43-34-29-39(30-35-43)19-18-38-22-26-41(27-23-38)45(9-4)10-5/h6,15-30,32,34-35H,7-14,31,33H2,1-5H3/q+1/b15-6-,17-16+,36-28+,42-32?. The van der Waals surface area contributed by atoms with E-state index in [2.05, 4.69) is 170 Å². The van der Waals surface area contributed by atoms with Gasteiger partial charge in [-0.1, -0.05) is 67.1 Å². The molecular formula is C41H55N4+. The Kier molecular flexibility index (Phi) is 16.3. The van der Waals surface area contributed by atoms with E-state index in [0.717, 1.165) is 51.3 Å². The van der Waals surface area contributed by atoms with Gasteiger partial charge in [-0.25, -0.2) is 4.57 Å². The molecular weight excluding hydrogens is 548 g/mol. The highest BCUT2D eigenvalue weighted by Crippen LogP contribution is 2.18. The SMILES string of the molecule is C\C=C/C(/C=C/c1ccc(N(CC)CC)cc1)=C\C=NCCCCCC[n+]1ccc(/C=C/c2ccc(N(CC)CC)cc2)cc1. The van der Waals surface area contributed by atoms with Crippen molar-refractivity contribution >= 4 is 35.8 Å². The van der Waals surface area contributed by atoms with Crippen LogP contribution in [0.4, 0.5) is 11.4 Å². The number of hydrogen-bond donors (Lipinski definition) is 0. The zero-order valence-corrected chi connectivity index (χ0v) is 28.4. The second kappa shape index (κ2) is 20.7. The molecule has 0 spiro atoms. The molecule has 1 heterocycles. The van der Waals surface area contributed by atoms with Crippen molar-refractivity contribution in [3.63, 3.8) is 0 Å². The molecule has 0 unspecified atom stereocenters. The average molecular weight is 604 g/mol. The van der Waals surface area contributed by atoms with Crippen molar-refractivity contribution < 1.29 is 4.57 Å². The summed E-state index contributed by atoms with van der Waals surface area (Å²) >= 11 is 0. The number of pyridine rings is 1. The first-order valence-corrected chi connectivity index (χ1v) is 17.0. The number of unbranched alkanes of at least 4 members (excludes halogenated alkanes) is 3. The molecule has 0 saturated carbocycles. The normalized spacial score (nSPS) is 12.3. The largest absolute Gasteiger partial charge is 0.372 e. The maximum Gasteiger partial charge on any atom is 0.169 e. The van der Waals surface area contributed by atoms with Crippen LogP contribution in [-0.2, 0) is 6.54 Å². The summed E-state index contributed by atoms with van der Waals surface area (Å²) in [5.74, 6) is 0. The summed E-state index contributed by atoms with van der Waals surface area (Å²) in [6.45, 7) is 16.9. The third kappa shape index (κ3) is 12.8. The van der Waals surface area contributed by atoms with Gasteiger partial charge in [0.15, 0.2) is 12.4 Å². The van der Waals surface area contributed by atoms with Gasteiger partial charge in [0.05, 0.1) is 0 Å². The van der Waals surface area contributed by atoms with Crippen molar-refractivity contribution in [1.29, 1.82) is 0 Å². The van der Waals surface area contributed by atoms with E-state index in [9.17, 15) is 0 Å². The maximum absolute atomic E-state index is 4.63. The lowest BCUT2D eigenvalue weighted by atomic mass is 10.1. The van der Waals surface area contributed by atoms with Crippen molar-refractivity contribution in [2.75, 3.05) is 42.5 Å². The molecule has 2 aromatic carbocycles. The van der Waals surface area contributed by atoms with E-state index in [-0.39, 0.29) is 0 Å². The van der Waals surface area contributed by atoms with E-state index in [1.165, 1.54) is 47.3 Å². The highest BCUT2D eigenvalue weighted by molar-refractivity contribution is 5.75. The predicted octanol–water partition coefficient (Wildman–Crippen LogP) is 9.68. The molecule has 0 radical (unpaired) electrons. The van der Waals surface area contributed by atoms with Crippen LogP contribution >= 0.6 is 0 Å². The number of aromatic nitrogens is 1. The molecule has 0 atom stereocenters. The number of aliphatic imine (C=N–C) groups is 1. The highest BCUT2D eigenvalue weighted by atomic mass is 15.1. The van der Waals surface area contributed by atoms with Gasteiger partial charge >= 0.3 is 0 Å². The van der Waals surface area contributed by atoms with E-state index < -0.39 is 0 Å². The van der Waals surface area contributed by atoms with E-state index in [0.29, 0.717) is 0 Å². The third-order valence-electron chi connectivity index (χ3n) is 8.08. The van der Waals surface area contributed by atoms with Gasteiger partial charge in [0.2, 0.25) is 0 Å². The number of nitrogens with zero attached hydrogens (tertiary/aromatic N) is 4. The smallest absolute Gasteiger partial charge is 0.169 e. The predicted molar refractivity (Wildman–Crippen MR) is 199 cm³/mol. The molecule has 4 nitrogen and oxygen atoms in total. The minimum atomic E-state index is 0.877. The first-order chi connectivity index (χ1) is 22.1. The second-order valence-electron chi connectivity index (χ2n) is 11.2. The third-order valence-corrected chi connectivity index (χ3v) is 8.08. The quantitative estimate of drug-likeness (QED) is 0.0589. The summed E-state index contributed by atoms with van der Waals surface area (Å²) in [7, 11) is 0. The van der Waals surface area contributed by atoms with Gasteiger partial charge in [-0.15, -0.1) is 0 Å². The van der Waals surface area contributed by atoms with Gasteiger partial charge in [-0.3, -0.25) is 4.99 Å². The van der Waals surface area contributed by atoms with Gasteiger partial charge < -0.3 is 9.80 Å². The Morgan fingerprint density at radius 3 is 1.67 bits per heavy atom. The fourth-order valence-corrected chi connectivity index (χ4v) is 5.31. The monoisotopic (exact) mass is 603 g/mol. The van der Waals surface area contributed by atoms with Gasteiger partial charge in [0.25, 0.3) is 0 Å². The molecule has 3 aromatic rings. The van der Waals surface area contributed by atoms with Crippen molar-refractivity contribution in [1.82, 2.24) is 0 Å². The molecule has 0 fully saturated rings. The molecule has 1 aromatic heterocycles. The first kappa shape index (κ1) is 35.3. The summed E-state index contributed by atoms with van der Waals surface area (Å²) < 4.78 is 2.29. The van der Waals surface area contributed by atoms with Crippen LogP contribution in [0.2, 0.25) is 0 Å². The molecule has 45 heavy (non-hydrogen) atoms. The Morgan fingerprint density at radius 1 is 0.622 bits per heavy atom. The zero-order valence-electron chi connectivity index (χ0n) is 28.4. The van der Waals surface area contributed by atoms with Crippen LogP contribution in [0.5, 0.6) is 0 Å². The van der Waals surface area contributed by atoms with E-state index in [1.54, 1.807) is 0 Å². The number of anilines is 2. The number of hydrogen-bond acceptors (Lipinski definition) is 3. The molecule has 4 heteroatoms. The van der Waals surface area contributed by atoms with Gasteiger partial charge in [-0.05, 0) is 100 Å². The average Bonchev–Trinajstić information content (AvgIpc) is 3.08. The Hall–Kier alpha value is -4.18. The number of rotatable bonds is 19. The Morgan fingerprint density at radius 2 is 1.13 bits per heavy atom. The van der Waals surface area contributed by atoms with Crippen LogP contribution in [0.15, 0.2) is 108 Å². The van der Waals surface area contributed by atoms with Crippen LogP contribution in [0, 0.1) is 0 Å². The van der Waals surface area contributed by atoms with E-state index in [4.69, 9.17) is 0 Å². The molecule has 0 saturated heterocycles. The summed E-state index contributed by atoms with van der Waals surface area (Å²) in [5, 5.41) is 0. The minimum absolute atomic E-state index is 0.877. The Bertz CT molecular complexity index is 1370. The lowest BCUT2D eigenvalue weighted by Crippen LogP contribution is -2.32. The zero-order chi connectivity index (χ0) is 32.1. The molecule has 0 N–H and O–H groups in total. The number of benzene rings is 2. The van der Waals surface area contributed by atoms with E-state index >= 15 is 0 Å². The van der Waals surface area contributed by atoms with Crippen molar-refractivity contribution in [3.8, 4) is 0 Å². The van der Waals surface area contributed by atoms with Crippen LogP contribution in [0.3, 0.4) is 0 Å². The van der Waals surface area contributed by atoms with Crippen LogP contribution in [0.25, 0.3) is 18.2 Å². The summed E-state index contributed by atoms with van der Waals surface area (Å²) in [6.07, 6.45) is 26.1. The van der Waals surface area contributed by atoms with Gasteiger partial charge in [-0.2, -0.15) is 0 Å². The van der Waals surface area contributed by atoms with Gasteiger partial charge in [0, 0.05) is 68.9 Å². The fourth-order valence-electron chi connectivity index (χ4n) is 5.31. The topological polar surface area (TPSA) is 22.7 Å². The summed E-state index contributed by atoms with van der Waals surface area (Å²) in [4.78, 5) is 9.36. The molecule has 238 valence electrons. The molecule has 0 aliphatic rings. The van der Waals surface area contributed by atoms with Crippen LogP contribution in [0.1, 0.15) is 77.0 Å². The van der Waals surface area contributed by atoms with Crippen LogP contribution < -0.4 is 14.4 Å². The molecule has 3 rings (SSSR count). The van der Waals surface area contributed by atoms with Crippen molar-refractivity contribution in [3.05, 3.63) is 120 Å². The lowest BCUT2D eigenvalue weighted by molar-refractivity contribution is -0.697. The van der Waals surface area contributed by atoms with Crippen LogP contribution in [-0.4, -0.2) is 38.9 Å². The molecule has 0 amide bonds. The Balaban J connectivity index is 1.34. The molecule has 0 bridgehead atoms. The maximum atomic E-state index is 4.63. The fraction of sp³-hybridized carbons (Fsp3) is 0.366. The van der Waals surface area contributed by atoms with Gasteiger partial charge in [0.1, 0.15) is 6.54 Å². The summed E-state index contributed by atoms with van der Waals surface area (Å²) in [5.41, 5.74) is 7.37. The number of allylic oxidation sites excluding steroid dienone is 5.